The molecule has 2 rings (SSSR count). The second-order valence-electron chi connectivity index (χ2n) is 4.90. The maximum atomic E-state index is 12.4. The number of carbonyl (C=O) groups is 1. The lowest BCUT2D eigenvalue weighted by Crippen LogP contribution is -2.38. The molecule has 0 aliphatic carbocycles. The van der Waals surface area contributed by atoms with Crippen molar-refractivity contribution in [1.82, 2.24) is 18.7 Å². The van der Waals surface area contributed by atoms with Crippen molar-refractivity contribution in [2.75, 3.05) is 11.9 Å². The van der Waals surface area contributed by atoms with Crippen LogP contribution in [0.1, 0.15) is 20.3 Å². The lowest BCUT2D eigenvalue weighted by Gasteiger charge is -2.08. The Morgan fingerprint density at radius 2 is 1.95 bits per heavy atom. The van der Waals surface area contributed by atoms with E-state index in [1.807, 2.05) is 13.8 Å². The summed E-state index contributed by atoms with van der Waals surface area (Å²) in [6.45, 7) is 4.29. The minimum absolute atomic E-state index is 0.271. The highest BCUT2D eigenvalue weighted by atomic mass is 16.4. The molecular formula is C13H19N5O4. The summed E-state index contributed by atoms with van der Waals surface area (Å²) in [5, 5.41) is 11.5. The summed E-state index contributed by atoms with van der Waals surface area (Å²) in [4.78, 5) is 39.6. The second kappa shape index (κ2) is 6.04. The first-order chi connectivity index (χ1) is 10.4. The number of hydrogen-bond acceptors (Lipinski definition) is 5. The van der Waals surface area contributed by atoms with Crippen LogP contribution in [0, 0.1) is 0 Å². The van der Waals surface area contributed by atoms with E-state index < -0.39 is 17.2 Å². The lowest BCUT2D eigenvalue weighted by atomic mass is 10.4. The predicted octanol–water partition coefficient (Wildman–Crippen LogP) is -0.177. The van der Waals surface area contributed by atoms with Gasteiger partial charge in [-0.3, -0.25) is 18.7 Å². The standard InChI is InChI=1S/C13H19N5O4/c1-4-6-18-10-9(11(21)16(3)13(18)22)17(5-2)12(15-10)14-7-8(19)20/h4-7H2,1-3H3,(H,14,15)(H,19,20). The summed E-state index contributed by atoms with van der Waals surface area (Å²) in [5.74, 6) is -0.763. The molecule has 0 aliphatic heterocycles. The highest BCUT2D eigenvalue weighted by Crippen LogP contribution is 2.15. The summed E-state index contributed by atoms with van der Waals surface area (Å²) in [6, 6.07) is 0. The van der Waals surface area contributed by atoms with Gasteiger partial charge in [0.2, 0.25) is 5.95 Å². The minimum atomic E-state index is -1.03. The molecule has 0 fully saturated rings. The number of anilines is 1. The van der Waals surface area contributed by atoms with Gasteiger partial charge < -0.3 is 15.0 Å². The van der Waals surface area contributed by atoms with E-state index in [0.717, 1.165) is 4.57 Å². The Balaban J connectivity index is 2.79. The van der Waals surface area contributed by atoms with Crippen molar-refractivity contribution in [3.05, 3.63) is 20.8 Å². The third-order valence-corrected chi connectivity index (χ3v) is 3.39. The Labute approximate surface area is 125 Å². The van der Waals surface area contributed by atoms with E-state index in [2.05, 4.69) is 10.3 Å². The van der Waals surface area contributed by atoms with Crippen LogP contribution in [0.15, 0.2) is 9.59 Å². The maximum Gasteiger partial charge on any atom is 0.332 e. The van der Waals surface area contributed by atoms with Crippen molar-refractivity contribution < 1.29 is 9.90 Å². The largest absolute Gasteiger partial charge is 0.480 e. The molecule has 0 unspecified atom stereocenters. The monoisotopic (exact) mass is 309 g/mol. The Morgan fingerprint density at radius 1 is 1.27 bits per heavy atom. The van der Waals surface area contributed by atoms with Crippen molar-refractivity contribution in [2.24, 2.45) is 7.05 Å². The van der Waals surface area contributed by atoms with Gasteiger partial charge in [-0.15, -0.1) is 0 Å². The molecule has 2 aromatic heterocycles. The van der Waals surface area contributed by atoms with Crippen LogP contribution in [0.25, 0.3) is 11.2 Å². The quantitative estimate of drug-likeness (QED) is 0.766. The first-order valence-corrected chi connectivity index (χ1v) is 7.08. The summed E-state index contributed by atoms with van der Waals surface area (Å²) >= 11 is 0. The molecule has 0 saturated heterocycles. The number of nitrogens with one attached hydrogen (secondary N) is 1. The molecule has 0 aliphatic rings. The summed E-state index contributed by atoms with van der Waals surface area (Å²) < 4.78 is 4.08. The van der Waals surface area contributed by atoms with Crippen LogP contribution in [-0.2, 0) is 24.9 Å². The SMILES string of the molecule is CCCn1c(=O)n(C)c(=O)c2c1nc(NCC(=O)O)n2CC. The average Bonchev–Trinajstić information content (AvgIpc) is 2.85. The minimum Gasteiger partial charge on any atom is -0.480 e. The number of aryl methyl sites for hydroxylation is 2. The molecule has 2 heterocycles. The van der Waals surface area contributed by atoms with Crippen LogP contribution in [0.5, 0.6) is 0 Å². The molecule has 9 nitrogen and oxygen atoms in total. The zero-order valence-corrected chi connectivity index (χ0v) is 12.8. The van der Waals surface area contributed by atoms with Gasteiger partial charge in [0.15, 0.2) is 11.2 Å². The number of imidazole rings is 1. The fourth-order valence-corrected chi connectivity index (χ4v) is 2.38. The van der Waals surface area contributed by atoms with Gasteiger partial charge in [0.05, 0.1) is 0 Å². The molecule has 120 valence electrons. The van der Waals surface area contributed by atoms with Gasteiger partial charge in [-0.25, -0.2) is 4.79 Å². The Kier molecular flexibility index (Phi) is 4.34. The molecule has 0 amide bonds. The molecule has 22 heavy (non-hydrogen) atoms. The van der Waals surface area contributed by atoms with Gasteiger partial charge >= 0.3 is 11.7 Å². The number of carboxylic acids is 1. The van der Waals surface area contributed by atoms with Crippen molar-refractivity contribution in [1.29, 1.82) is 0 Å². The molecule has 2 N–H and O–H groups in total. The molecule has 9 heteroatoms. The molecule has 0 aromatic carbocycles. The highest BCUT2D eigenvalue weighted by Gasteiger charge is 2.19. The first-order valence-electron chi connectivity index (χ1n) is 7.08. The van der Waals surface area contributed by atoms with Gasteiger partial charge in [0, 0.05) is 20.1 Å². The zero-order valence-electron chi connectivity index (χ0n) is 12.8. The topological polar surface area (TPSA) is 111 Å². The van der Waals surface area contributed by atoms with Gasteiger partial charge in [0.1, 0.15) is 6.54 Å². The van der Waals surface area contributed by atoms with E-state index in [9.17, 15) is 14.4 Å². The smallest absolute Gasteiger partial charge is 0.332 e. The second-order valence-corrected chi connectivity index (χ2v) is 4.90. The molecular weight excluding hydrogens is 290 g/mol. The highest BCUT2D eigenvalue weighted by molar-refractivity contribution is 5.76. The third-order valence-electron chi connectivity index (χ3n) is 3.39. The summed E-state index contributed by atoms with van der Waals surface area (Å²) in [7, 11) is 1.42. The number of aliphatic carboxylic acids is 1. The van der Waals surface area contributed by atoms with Crippen molar-refractivity contribution in [3.63, 3.8) is 0 Å². The average molecular weight is 309 g/mol. The van der Waals surface area contributed by atoms with Crippen LogP contribution in [0.3, 0.4) is 0 Å². The fraction of sp³-hybridized carbons (Fsp3) is 0.538. The van der Waals surface area contributed by atoms with E-state index in [4.69, 9.17) is 5.11 Å². The van der Waals surface area contributed by atoms with Crippen molar-refractivity contribution in [3.8, 4) is 0 Å². The van der Waals surface area contributed by atoms with Gasteiger partial charge in [-0.05, 0) is 13.3 Å². The summed E-state index contributed by atoms with van der Waals surface area (Å²) in [5.41, 5.74) is -0.286. The Morgan fingerprint density at radius 3 is 2.50 bits per heavy atom. The first kappa shape index (κ1) is 15.8. The van der Waals surface area contributed by atoms with E-state index in [0.29, 0.717) is 25.0 Å². The number of carboxylic acid groups (broad SMARTS) is 1. The van der Waals surface area contributed by atoms with E-state index in [1.54, 1.807) is 4.57 Å². The molecule has 0 bridgehead atoms. The molecule has 0 radical (unpaired) electrons. The Hall–Kier alpha value is -2.58. The van der Waals surface area contributed by atoms with Crippen molar-refractivity contribution >= 4 is 23.1 Å². The predicted molar refractivity (Wildman–Crippen MR) is 81.3 cm³/mol. The van der Waals surface area contributed by atoms with Crippen LogP contribution in [0.4, 0.5) is 5.95 Å². The van der Waals surface area contributed by atoms with E-state index in [-0.39, 0.29) is 18.1 Å². The zero-order chi connectivity index (χ0) is 16.4. The van der Waals surface area contributed by atoms with E-state index in [1.165, 1.54) is 11.6 Å². The van der Waals surface area contributed by atoms with Crippen LogP contribution < -0.4 is 16.6 Å². The lowest BCUT2D eigenvalue weighted by molar-refractivity contribution is -0.134. The maximum absolute atomic E-state index is 12.4. The Bertz CT molecular complexity index is 830. The van der Waals surface area contributed by atoms with Crippen LogP contribution in [0.2, 0.25) is 0 Å². The van der Waals surface area contributed by atoms with Crippen molar-refractivity contribution in [2.45, 2.75) is 33.4 Å². The van der Waals surface area contributed by atoms with Gasteiger partial charge in [0.25, 0.3) is 5.56 Å². The summed E-state index contributed by atoms with van der Waals surface area (Å²) in [6.07, 6.45) is 0.712. The molecule has 0 spiro atoms. The number of fused-ring (bicyclic) bond motifs is 1. The number of aromatic nitrogens is 4. The molecule has 0 atom stereocenters. The van der Waals surface area contributed by atoms with Crippen LogP contribution >= 0.6 is 0 Å². The third kappa shape index (κ3) is 2.49. The number of hydrogen-bond donors (Lipinski definition) is 2. The molecule has 2 aromatic rings. The number of rotatable bonds is 6. The number of nitrogens with zero attached hydrogens (tertiary/aromatic N) is 4. The van der Waals surface area contributed by atoms with Crippen LogP contribution in [-0.4, -0.2) is 36.3 Å². The van der Waals surface area contributed by atoms with Gasteiger partial charge in [-0.1, -0.05) is 6.92 Å². The fourth-order valence-electron chi connectivity index (χ4n) is 2.38. The van der Waals surface area contributed by atoms with Gasteiger partial charge in [-0.2, -0.15) is 4.98 Å². The van der Waals surface area contributed by atoms with E-state index >= 15 is 0 Å². The normalized spacial score (nSPS) is 11.0. The molecule has 0 saturated carbocycles.